The van der Waals surface area contributed by atoms with Crippen molar-refractivity contribution in [2.24, 2.45) is 0 Å². The van der Waals surface area contributed by atoms with Crippen molar-refractivity contribution in [1.29, 1.82) is 0 Å². The van der Waals surface area contributed by atoms with Crippen molar-refractivity contribution in [2.45, 2.75) is 6.42 Å². The fraction of sp³-hybridized carbons (Fsp3) is 0.0769. The lowest BCUT2D eigenvalue weighted by Crippen LogP contribution is -2.14. The quantitative estimate of drug-likeness (QED) is 0.904. The molecule has 0 aliphatic rings. The molecule has 0 unspecified atom stereocenters. The van der Waals surface area contributed by atoms with Crippen LogP contribution < -0.4 is 5.32 Å². The normalized spacial score (nSPS) is 10.2. The lowest BCUT2D eigenvalue weighted by Gasteiger charge is -2.05. The number of aromatic carboxylic acids is 1. The first kappa shape index (κ1) is 13.2. The smallest absolute Gasteiger partial charge is 0.338 e. The highest BCUT2D eigenvalue weighted by Gasteiger charge is 2.11. The zero-order valence-electron chi connectivity index (χ0n) is 9.72. The van der Waals surface area contributed by atoms with Crippen molar-refractivity contribution in [3.8, 4) is 0 Å². The lowest BCUT2D eigenvalue weighted by atomic mass is 10.2. The highest BCUT2D eigenvalue weighted by molar-refractivity contribution is 7.10. The first-order chi connectivity index (χ1) is 9.06. The highest BCUT2D eigenvalue weighted by atomic mass is 32.1. The third-order valence-electron chi connectivity index (χ3n) is 2.40. The number of carbonyl (C=O) groups excluding carboxylic acids is 1. The summed E-state index contributed by atoms with van der Waals surface area (Å²) in [6.07, 6.45) is 0.208. The Morgan fingerprint density at radius 2 is 2.11 bits per heavy atom. The minimum Gasteiger partial charge on any atom is -0.478 e. The van der Waals surface area contributed by atoms with Crippen LogP contribution in [0, 0.1) is 5.82 Å². The Bertz CT molecular complexity index is 610. The second-order valence-corrected chi connectivity index (χ2v) is 4.84. The van der Waals surface area contributed by atoms with Crippen molar-refractivity contribution in [3.63, 3.8) is 0 Å². The summed E-state index contributed by atoms with van der Waals surface area (Å²) in [6.45, 7) is 0. The Morgan fingerprint density at radius 3 is 2.68 bits per heavy atom. The first-order valence-electron chi connectivity index (χ1n) is 5.41. The Morgan fingerprint density at radius 1 is 1.32 bits per heavy atom. The molecule has 19 heavy (non-hydrogen) atoms. The number of hydrogen-bond donors (Lipinski definition) is 2. The van der Waals surface area contributed by atoms with E-state index in [4.69, 9.17) is 5.11 Å². The monoisotopic (exact) mass is 279 g/mol. The van der Waals surface area contributed by atoms with E-state index < -0.39 is 17.3 Å². The average Bonchev–Trinajstić information content (AvgIpc) is 2.81. The summed E-state index contributed by atoms with van der Waals surface area (Å²) in [5, 5.41) is 13.1. The van der Waals surface area contributed by atoms with E-state index in [9.17, 15) is 14.0 Å². The topological polar surface area (TPSA) is 66.4 Å². The maximum absolute atomic E-state index is 13.4. The molecular weight excluding hydrogens is 269 g/mol. The van der Waals surface area contributed by atoms with Gasteiger partial charge in [0, 0.05) is 10.6 Å². The molecule has 0 aliphatic carbocycles. The minimum atomic E-state index is -1.34. The molecule has 0 atom stereocenters. The number of thiophene rings is 1. The van der Waals surface area contributed by atoms with Crippen molar-refractivity contribution >= 4 is 28.9 Å². The zero-order chi connectivity index (χ0) is 13.8. The van der Waals surface area contributed by atoms with Crippen LogP contribution in [0.5, 0.6) is 0 Å². The van der Waals surface area contributed by atoms with Crippen LogP contribution in [0.3, 0.4) is 0 Å². The second-order valence-electron chi connectivity index (χ2n) is 3.80. The summed E-state index contributed by atoms with van der Waals surface area (Å²) in [6, 6.07) is 7.15. The number of carboxylic acid groups (broad SMARTS) is 1. The van der Waals surface area contributed by atoms with Gasteiger partial charge in [-0.3, -0.25) is 4.79 Å². The summed E-state index contributed by atoms with van der Waals surface area (Å²) in [5.74, 6) is -2.49. The van der Waals surface area contributed by atoms with Gasteiger partial charge in [-0.25, -0.2) is 9.18 Å². The number of rotatable bonds is 4. The molecule has 98 valence electrons. The van der Waals surface area contributed by atoms with Gasteiger partial charge in [0.2, 0.25) is 5.91 Å². The SMILES string of the molecule is O=C(Cc1cccs1)Nc1ccc(C(=O)O)c(F)c1. The van der Waals surface area contributed by atoms with E-state index in [1.807, 2.05) is 17.5 Å². The third kappa shape index (κ3) is 3.38. The molecular formula is C13H10FNO3S. The van der Waals surface area contributed by atoms with Crippen LogP contribution in [-0.4, -0.2) is 17.0 Å². The van der Waals surface area contributed by atoms with Crippen LogP contribution in [0.2, 0.25) is 0 Å². The number of carbonyl (C=O) groups is 2. The molecule has 0 saturated heterocycles. The van der Waals surface area contributed by atoms with Crippen LogP contribution >= 0.6 is 11.3 Å². The molecule has 1 aromatic heterocycles. The number of anilines is 1. The average molecular weight is 279 g/mol. The van der Waals surface area contributed by atoms with E-state index in [2.05, 4.69) is 5.32 Å². The minimum absolute atomic E-state index is 0.208. The van der Waals surface area contributed by atoms with E-state index in [-0.39, 0.29) is 18.0 Å². The van der Waals surface area contributed by atoms with Crippen LogP contribution in [0.1, 0.15) is 15.2 Å². The predicted molar refractivity (Wildman–Crippen MR) is 70.0 cm³/mol. The molecule has 1 aromatic carbocycles. The molecule has 0 fully saturated rings. The Labute approximate surface area is 112 Å². The zero-order valence-corrected chi connectivity index (χ0v) is 10.5. The molecule has 0 saturated carbocycles. The summed E-state index contributed by atoms with van der Waals surface area (Å²) in [4.78, 5) is 23.2. The van der Waals surface area contributed by atoms with Crippen LogP contribution in [0.4, 0.5) is 10.1 Å². The van der Waals surface area contributed by atoms with E-state index in [1.54, 1.807) is 0 Å². The van der Waals surface area contributed by atoms with Gasteiger partial charge in [-0.15, -0.1) is 11.3 Å². The largest absolute Gasteiger partial charge is 0.478 e. The standard InChI is InChI=1S/C13H10FNO3S/c14-11-6-8(3-4-10(11)13(17)18)15-12(16)7-9-2-1-5-19-9/h1-6H,7H2,(H,15,16)(H,17,18). The molecule has 4 nitrogen and oxygen atoms in total. The third-order valence-corrected chi connectivity index (χ3v) is 3.27. The predicted octanol–water partition coefficient (Wildman–Crippen LogP) is 2.77. The van der Waals surface area contributed by atoms with E-state index >= 15 is 0 Å². The number of nitrogens with one attached hydrogen (secondary N) is 1. The van der Waals surface area contributed by atoms with Gasteiger partial charge in [-0.2, -0.15) is 0 Å². The second kappa shape index (κ2) is 5.62. The van der Waals surface area contributed by atoms with E-state index in [0.717, 1.165) is 17.0 Å². The maximum atomic E-state index is 13.4. The van der Waals surface area contributed by atoms with Gasteiger partial charge in [-0.1, -0.05) is 6.07 Å². The molecule has 1 heterocycles. The molecule has 2 rings (SSSR count). The van der Waals surface area contributed by atoms with Crippen LogP contribution in [0.25, 0.3) is 0 Å². The van der Waals surface area contributed by atoms with Gasteiger partial charge >= 0.3 is 5.97 Å². The van der Waals surface area contributed by atoms with E-state index in [1.165, 1.54) is 17.4 Å². The maximum Gasteiger partial charge on any atom is 0.338 e. The summed E-state index contributed by atoms with van der Waals surface area (Å²) >= 11 is 1.46. The number of hydrogen-bond acceptors (Lipinski definition) is 3. The molecule has 0 radical (unpaired) electrons. The van der Waals surface area contributed by atoms with Gasteiger partial charge in [0.25, 0.3) is 0 Å². The molecule has 1 amide bonds. The van der Waals surface area contributed by atoms with Gasteiger partial charge in [0.05, 0.1) is 12.0 Å². The Balaban J connectivity index is 2.05. The van der Waals surface area contributed by atoms with E-state index in [0.29, 0.717) is 0 Å². The van der Waals surface area contributed by atoms with Crippen molar-refractivity contribution < 1.29 is 19.1 Å². The van der Waals surface area contributed by atoms with Crippen LogP contribution in [0.15, 0.2) is 35.7 Å². The Kier molecular flexibility index (Phi) is 3.91. The molecule has 2 N–H and O–H groups in total. The number of amides is 1. The van der Waals surface area contributed by atoms with Gasteiger partial charge in [0.15, 0.2) is 0 Å². The van der Waals surface area contributed by atoms with Gasteiger partial charge < -0.3 is 10.4 Å². The van der Waals surface area contributed by atoms with Crippen molar-refractivity contribution in [3.05, 3.63) is 52.0 Å². The number of halogens is 1. The van der Waals surface area contributed by atoms with Gasteiger partial charge in [-0.05, 0) is 29.6 Å². The fourth-order valence-electron chi connectivity index (χ4n) is 1.54. The molecule has 0 spiro atoms. The van der Waals surface area contributed by atoms with Crippen molar-refractivity contribution in [2.75, 3.05) is 5.32 Å². The summed E-state index contributed by atoms with van der Waals surface area (Å²) < 4.78 is 13.4. The number of carboxylic acids is 1. The summed E-state index contributed by atoms with van der Waals surface area (Å²) in [7, 11) is 0. The molecule has 0 aliphatic heterocycles. The Hall–Kier alpha value is -2.21. The molecule has 2 aromatic rings. The number of benzene rings is 1. The highest BCUT2D eigenvalue weighted by Crippen LogP contribution is 2.16. The fourth-order valence-corrected chi connectivity index (χ4v) is 2.25. The van der Waals surface area contributed by atoms with Gasteiger partial charge in [0.1, 0.15) is 5.82 Å². The molecule has 0 bridgehead atoms. The van der Waals surface area contributed by atoms with Crippen molar-refractivity contribution in [1.82, 2.24) is 0 Å². The molecule has 6 heteroatoms. The first-order valence-corrected chi connectivity index (χ1v) is 6.29. The lowest BCUT2D eigenvalue weighted by molar-refractivity contribution is -0.115. The van der Waals surface area contributed by atoms with Crippen LogP contribution in [-0.2, 0) is 11.2 Å². The summed E-state index contributed by atoms with van der Waals surface area (Å²) in [5.41, 5.74) is -0.180.